The maximum atomic E-state index is 5.94. The van der Waals surface area contributed by atoms with Crippen LogP contribution in [0, 0.1) is 3.57 Å². The summed E-state index contributed by atoms with van der Waals surface area (Å²) in [7, 11) is 1.68. The van der Waals surface area contributed by atoms with Crippen LogP contribution in [0.1, 0.15) is 5.69 Å². The molecule has 2 aromatic rings. The Morgan fingerprint density at radius 2 is 2.32 bits per heavy atom. The van der Waals surface area contributed by atoms with E-state index in [0.717, 1.165) is 26.5 Å². The van der Waals surface area contributed by atoms with E-state index in [4.69, 9.17) is 16.3 Å². The van der Waals surface area contributed by atoms with Gasteiger partial charge in [-0.05, 0) is 40.8 Å². The van der Waals surface area contributed by atoms with E-state index >= 15 is 0 Å². The lowest BCUT2D eigenvalue weighted by Gasteiger charge is -2.03. The summed E-state index contributed by atoms with van der Waals surface area (Å²) >= 11 is 8.17. The fraction of sp³-hybridized carbons (Fsp3) is 0.333. The fourth-order valence-corrected chi connectivity index (χ4v) is 2.67. The van der Waals surface area contributed by atoms with Crippen LogP contribution >= 0.6 is 34.2 Å². The first-order valence-corrected chi connectivity index (χ1v) is 7.22. The summed E-state index contributed by atoms with van der Waals surface area (Å²) in [4.78, 5) is 0. The van der Waals surface area contributed by atoms with E-state index in [9.17, 15) is 0 Å². The highest BCUT2D eigenvalue weighted by Gasteiger charge is 2.06. The Morgan fingerprint density at radius 1 is 1.47 bits per heavy atom. The van der Waals surface area contributed by atoms with E-state index in [0.29, 0.717) is 13.2 Å². The number of hydrogen-bond donors (Lipinski definition) is 1. The standard InChI is InChI=1S/C12H14ClIN4O/c1-19-5-4-15-7-10-8-18(17-16-10)12-3-2-9(13)6-11(12)14/h2-3,6,8,15H,4-5,7H2,1H3. The van der Waals surface area contributed by atoms with Gasteiger partial charge in [0.25, 0.3) is 0 Å². The van der Waals surface area contributed by atoms with Gasteiger partial charge in [0.05, 0.1) is 24.2 Å². The van der Waals surface area contributed by atoms with Gasteiger partial charge in [-0.3, -0.25) is 0 Å². The second-order valence-electron chi connectivity index (χ2n) is 3.92. The number of methoxy groups -OCH3 is 1. The van der Waals surface area contributed by atoms with E-state index in [1.54, 1.807) is 11.8 Å². The summed E-state index contributed by atoms with van der Waals surface area (Å²) < 4.78 is 7.76. The molecule has 19 heavy (non-hydrogen) atoms. The summed E-state index contributed by atoms with van der Waals surface area (Å²) in [5.74, 6) is 0. The highest BCUT2D eigenvalue weighted by atomic mass is 127. The summed E-state index contributed by atoms with van der Waals surface area (Å²) in [6, 6.07) is 5.67. The lowest BCUT2D eigenvalue weighted by molar-refractivity contribution is 0.199. The van der Waals surface area contributed by atoms with Crippen molar-refractivity contribution >= 4 is 34.2 Å². The van der Waals surface area contributed by atoms with Gasteiger partial charge in [0, 0.05) is 28.8 Å². The summed E-state index contributed by atoms with van der Waals surface area (Å²) in [6.07, 6.45) is 1.91. The van der Waals surface area contributed by atoms with Crippen LogP contribution in [0.5, 0.6) is 0 Å². The van der Waals surface area contributed by atoms with Crippen LogP contribution < -0.4 is 5.32 Å². The number of benzene rings is 1. The Labute approximate surface area is 130 Å². The third kappa shape index (κ3) is 4.13. The molecule has 7 heteroatoms. The van der Waals surface area contributed by atoms with Gasteiger partial charge in [0.15, 0.2) is 0 Å². The van der Waals surface area contributed by atoms with Gasteiger partial charge in [-0.1, -0.05) is 16.8 Å². The maximum Gasteiger partial charge on any atom is 0.0969 e. The molecule has 0 unspecified atom stereocenters. The average molecular weight is 393 g/mol. The third-order valence-corrected chi connectivity index (χ3v) is 3.59. The predicted octanol–water partition coefficient (Wildman–Crippen LogP) is 2.26. The topological polar surface area (TPSA) is 52.0 Å². The van der Waals surface area contributed by atoms with Crippen molar-refractivity contribution in [2.75, 3.05) is 20.3 Å². The summed E-state index contributed by atoms with van der Waals surface area (Å²) in [6.45, 7) is 2.15. The first kappa shape index (κ1) is 14.7. The van der Waals surface area contributed by atoms with Crippen molar-refractivity contribution < 1.29 is 4.74 Å². The molecular formula is C12H14ClIN4O. The lowest BCUT2D eigenvalue weighted by atomic mass is 10.3. The minimum Gasteiger partial charge on any atom is -0.383 e. The molecule has 2 rings (SSSR count). The molecule has 0 aliphatic rings. The van der Waals surface area contributed by atoms with Crippen molar-refractivity contribution in [3.05, 3.63) is 38.7 Å². The van der Waals surface area contributed by atoms with Crippen molar-refractivity contribution in [1.82, 2.24) is 20.3 Å². The van der Waals surface area contributed by atoms with Crippen LogP contribution in [0.2, 0.25) is 5.02 Å². The molecule has 1 aromatic carbocycles. The van der Waals surface area contributed by atoms with Crippen molar-refractivity contribution in [1.29, 1.82) is 0 Å². The molecule has 1 heterocycles. The van der Waals surface area contributed by atoms with Gasteiger partial charge >= 0.3 is 0 Å². The smallest absolute Gasteiger partial charge is 0.0969 e. The van der Waals surface area contributed by atoms with Crippen molar-refractivity contribution in [2.45, 2.75) is 6.54 Å². The molecular weight excluding hydrogens is 379 g/mol. The Balaban J connectivity index is 2.04. The van der Waals surface area contributed by atoms with E-state index in [1.165, 1.54) is 0 Å². The molecule has 0 radical (unpaired) electrons. The number of ether oxygens (including phenoxy) is 1. The SMILES string of the molecule is COCCNCc1cn(-c2ccc(Cl)cc2I)nn1. The van der Waals surface area contributed by atoms with Crippen LogP contribution in [0.25, 0.3) is 5.69 Å². The average Bonchev–Trinajstić information content (AvgIpc) is 2.83. The molecule has 0 fully saturated rings. The molecule has 0 amide bonds. The van der Waals surface area contributed by atoms with Gasteiger partial charge < -0.3 is 10.1 Å². The van der Waals surface area contributed by atoms with Gasteiger partial charge in [-0.25, -0.2) is 4.68 Å². The fourth-order valence-electron chi connectivity index (χ4n) is 1.55. The number of rotatable bonds is 6. The molecule has 1 N–H and O–H groups in total. The van der Waals surface area contributed by atoms with E-state index < -0.39 is 0 Å². The number of halogens is 2. The number of nitrogens with one attached hydrogen (secondary N) is 1. The quantitative estimate of drug-likeness (QED) is 0.605. The zero-order valence-electron chi connectivity index (χ0n) is 10.4. The van der Waals surface area contributed by atoms with E-state index in [2.05, 4.69) is 38.2 Å². The van der Waals surface area contributed by atoms with Gasteiger partial charge in [-0.2, -0.15) is 0 Å². The molecule has 1 aromatic heterocycles. The van der Waals surface area contributed by atoms with Crippen LogP contribution in [-0.4, -0.2) is 35.3 Å². The minimum absolute atomic E-state index is 0.674. The van der Waals surface area contributed by atoms with Crippen molar-refractivity contribution in [2.24, 2.45) is 0 Å². The molecule has 0 saturated carbocycles. The second kappa shape index (κ2) is 7.18. The number of aromatic nitrogens is 3. The zero-order chi connectivity index (χ0) is 13.7. The van der Waals surface area contributed by atoms with Crippen LogP contribution in [-0.2, 0) is 11.3 Å². The second-order valence-corrected chi connectivity index (χ2v) is 5.52. The molecule has 0 saturated heterocycles. The van der Waals surface area contributed by atoms with E-state index in [1.807, 2.05) is 24.4 Å². The zero-order valence-corrected chi connectivity index (χ0v) is 13.3. The maximum absolute atomic E-state index is 5.94. The van der Waals surface area contributed by atoms with E-state index in [-0.39, 0.29) is 0 Å². The van der Waals surface area contributed by atoms with Crippen molar-refractivity contribution in [3.8, 4) is 5.69 Å². The van der Waals surface area contributed by atoms with Crippen LogP contribution in [0.3, 0.4) is 0 Å². The highest BCUT2D eigenvalue weighted by molar-refractivity contribution is 14.1. The number of nitrogens with zero attached hydrogens (tertiary/aromatic N) is 3. The monoisotopic (exact) mass is 392 g/mol. The molecule has 0 aliphatic heterocycles. The van der Waals surface area contributed by atoms with Gasteiger partial charge in [0.2, 0.25) is 0 Å². The Kier molecular flexibility index (Phi) is 5.56. The normalized spacial score (nSPS) is 10.9. The lowest BCUT2D eigenvalue weighted by Crippen LogP contribution is -2.18. The van der Waals surface area contributed by atoms with Crippen LogP contribution in [0.4, 0.5) is 0 Å². The Morgan fingerprint density at radius 3 is 3.05 bits per heavy atom. The molecule has 0 spiro atoms. The third-order valence-electron chi connectivity index (χ3n) is 2.49. The Bertz CT molecular complexity index is 546. The molecule has 5 nitrogen and oxygen atoms in total. The largest absolute Gasteiger partial charge is 0.383 e. The van der Waals surface area contributed by atoms with Crippen LogP contribution in [0.15, 0.2) is 24.4 Å². The minimum atomic E-state index is 0.674. The summed E-state index contributed by atoms with van der Waals surface area (Å²) in [5.41, 5.74) is 1.86. The Hall–Kier alpha value is -0.700. The van der Waals surface area contributed by atoms with Gasteiger partial charge in [0.1, 0.15) is 0 Å². The van der Waals surface area contributed by atoms with Gasteiger partial charge in [-0.15, -0.1) is 5.10 Å². The van der Waals surface area contributed by atoms with Crippen molar-refractivity contribution in [3.63, 3.8) is 0 Å². The predicted molar refractivity (Wildman–Crippen MR) is 82.7 cm³/mol. The molecule has 102 valence electrons. The first-order valence-electron chi connectivity index (χ1n) is 5.77. The molecule has 0 aliphatic carbocycles. The molecule has 0 bridgehead atoms. The molecule has 0 atom stereocenters. The highest BCUT2D eigenvalue weighted by Crippen LogP contribution is 2.20. The first-order chi connectivity index (χ1) is 9.20. The summed E-state index contributed by atoms with van der Waals surface area (Å²) in [5, 5.41) is 12.2. The number of hydrogen-bond acceptors (Lipinski definition) is 4.